The summed E-state index contributed by atoms with van der Waals surface area (Å²) in [4.78, 5) is 3.37. The van der Waals surface area contributed by atoms with E-state index < -0.39 is 0 Å². The molecule has 2 aliphatic rings. The Morgan fingerprint density at radius 1 is 1.31 bits per heavy atom. The number of allylic oxidation sites excluding steroid dienone is 2. The van der Waals surface area contributed by atoms with Gasteiger partial charge in [-0.1, -0.05) is 11.6 Å². The smallest absolute Gasteiger partial charge is 0.272 e. The quantitative estimate of drug-likeness (QED) is 0.309. The van der Waals surface area contributed by atoms with Gasteiger partial charge in [0.05, 0.1) is 6.42 Å². The Kier molecular flexibility index (Phi) is 2.60. The Bertz CT molecular complexity index is 272. The third-order valence-corrected chi connectivity index (χ3v) is 3.26. The van der Waals surface area contributed by atoms with Crippen molar-refractivity contribution in [2.24, 2.45) is 5.92 Å². The maximum Gasteiger partial charge on any atom is 0.272 e. The van der Waals surface area contributed by atoms with E-state index in [1.807, 2.05) is 0 Å². The van der Waals surface area contributed by atoms with Crippen LogP contribution in [-0.2, 0) is 0 Å². The molecule has 1 unspecified atom stereocenters. The summed E-state index contributed by atoms with van der Waals surface area (Å²) in [5, 5.41) is 0. The van der Waals surface area contributed by atoms with E-state index in [1.54, 1.807) is 0 Å². The van der Waals surface area contributed by atoms with Gasteiger partial charge in [-0.15, -0.1) is 0 Å². The van der Waals surface area contributed by atoms with Gasteiger partial charge < -0.3 is 5.53 Å². The van der Waals surface area contributed by atoms with E-state index in [2.05, 4.69) is 10.9 Å². The highest BCUT2D eigenvalue weighted by Crippen LogP contribution is 2.33. The molecule has 0 N–H and O–H groups in total. The van der Waals surface area contributed by atoms with Crippen LogP contribution in [0.4, 0.5) is 0 Å². The van der Waals surface area contributed by atoms with Crippen LogP contribution < -0.4 is 0 Å². The Balaban J connectivity index is 2.18. The number of rotatable bonds is 0. The number of hydrogen-bond donors (Lipinski definition) is 0. The molecule has 2 aliphatic carbocycles. The Labute approximate surface area is 79.3 Å². The topological polar surface area (TPSA) is 36.4 Å². The van der Waals surface area contributed by atoms with Gasteiger partial charge >= 0.3 is 0 Å². The fourth-order valence-electron chi connectivity index (χ4n) is 2.51. The zero-order valence-electron chi connectivity index (χ0n) is 8.00. The molecule has 0 aromatic rings. The molecule has 0 aromatic carbocycles. The molecule has 0 spiro atoms. The minimum absolute atomic E-state index is 0.799. The normalized spacial score (nSPS) is 28.5. The molecule has 1 saturated carbocycles. The van der Waals surface area contributed by atoms with Crippen LogP contribution in [0.15, 0.2) is 11.6 Å². The van der Waals surface area contributed by atoms with Crippen LogP contribution in [0.25, 0.3) is 5.53 Å². The highest BCUT2D eigenvalue weighted by molar-refractivity contribution is 5.81. The lowest BCUT2D eigenvalue weighted by Crippen LogP contribution is -2.08. The van der Waals surface area contributed by atoms with Crippen molar-refractivity contribution in [3.05, 3.63) is 17.2 Å². The van der Waals surface area contributed by atoms with E-state index in [4.69, 9.17) is 5.53 Å². The summed E-state index contributed by atoms with van der Waals surface area (Å²) >= 11 is 0. The molecule has 0 heterocycles. The molecule has 0 radical (unpaired) electrons. The van der Waals surface area contributed by atoms with Crippen molar-refractivity contribution in [3.8, 4) is 0 Å². The lowest BCUT2D eigenvalue weighted by atomic mass is 9.84. The van der Waals surface area contributed by atoms with Crippen LogP contribution in [0.2, 0.25) is 0 Å². The maximum atomic E-state index is 8.77. The number of nitrogens with zero attached hydrogens (tertiary/aromatic N) is 2. The highest BCUT2D eigenvalue weighted by atomic mass is 14.9. The first-order chi connectivity index (χ1) is 6.40. The van der Waals surface area contributed by atoms with Gasteiger partial charge in [0.1, 0.15) is 0 Å². The molecule has 0 aromatic heterocycles. The Hall–Kier alpha value is -0.880. The molecular weight excluding hydrogens is 160 g/mol. The molecule has 0 amide bonds. The zero-order valence-corrected chi connectivity index (χ0v) is 8.00. The Morgan fingerprint density at radius 3 is 3.00 bits per heavy atom. The molecule has 0 bridgehead atoms. The van der Waals surface area contributed by atoms with E-state index in [1.165, 1.54) is 37.7 Å². The van der Waals surface area contributed by atoms with Crippen LogP contribution in [0.1, 0.15) is 44.9 Å². The predicted octanol–water partition coefficient (Wildman–Crippen LogP) is 2.96. The average Bonchev–Trinajstić information content (AvgIpc) is 2.38. The van der Waals surface area contributed by atoms with Gasteiger partial charge in [-0.25, -0.2) is 0 Å². The minimum Gasteiger partial charge on any atom is -0.362 e. The summed E-state index contributed by atoms with van der Waals surface area (Å²) in [6.45, 7) is 0. The van der Waals surface area contributed by atoms with Crippen LogP contribution in [0, 0.1) is 5.92 Å². The summed E-state index contributed by atoms with van der Waals surface area (Å²) < 4.78 is 0. The monoisotopic (exact) mass is 176 g/mol. The first-order valence-electron chi connectivity index (χ1n) is 5.29. The molecule has 0 saturated heterocycles. The fourth-order valence-corrected chi connectivity index (χ4v) is 2.51. The lowest BCUT2D eigenvalue weighted by molar-refractivity contribution is -0.0104. The first-order valence-corrected chi connectivity index (χ1v) is 5.29. The van der Waals surface area contributed by atoms with Crippen LogP contribution >= 0.6 is 0 Å². The van der Waals surface area contributed by atoms with Crippen LogP contribution in [-0.4, -0.2) is 10.5 Å². The lowest BCUT2D eigenvalue weighted by Gasteiger charge is -2.20. The molecule has 1 fully saturated rings. The van der Waals surface area contributed by atoms with E-state index >= 15 is 0 Å². The van der Waals surface area contributed by atoms with Crippen molar-refractivity contribution >= 4 is 5.71 Å². The second-order valence-electron chi connectivity index (χ2n) is 4.14. The van der Waals surface area contributed by atoms with E-state index in [-0.39, 0.29) is 0 Å². The first kappa shape index (κ1) is 8.71. The van der Waals surface area contributed by atoms with Gasteiger partial charge in [0.2, 0.25) is 0 Å². The molecule has 2 rings (SSSR count). The largest absolute Gasteiger partial charge is 0.362 e. The minimum atomic E-state index is 0.799. The van der Waals surface area contributed by atoms with E-state index in [0.29, 0.717) is 0 Å². The van der Waals surface area contributed by atoms with Crippen molar-refractivity contribution < 1.29 is 4.79 Å². The highest BCUT2D eigenvalue weighted by Gasteiger charge is 2.25. The molecule has 2 nitrogen and oxygen atoms in total. The molecule has 2 heteroatoms. The zero-order chi connectivity index (χ0) is 9.10. The SMILES string of the molecule is [N-]=[N+]=C1CCCC2CCCC=C2C1. The van der Waals surface area contributed by atoms with Gasteiger partial charge in [0.25, 0.3) is 5.71 Å². The molecule has 13 heavy (non-hydrogen) atoms. The number of hydrogen-bond acceptors (Lipinski definition) is 0. The third kappa shape index (κ3) is 1.89. The molecule has 70 valence electrons. The van der Waals surface area contributed by atoms with Crippen molar-refractivity contribution in [3.63, 3.8) is 0 Å². The van der Waals surface area contributed by atoms with Gasteiger partial charge in [-0.2, -0.15) is 4.79 Å². The van der Waals surface area contributed by atoms with E-state index in [0.717, 1.165) is 24.5 Å². The number of fused-ring (bicyclic) bond motifs is 1. The van der Waals surface area contributed by atoms with Crippen molar-refractivity contribution in [2.75, 3.05) is 0 Å². The summed E-state index contributed by atoms with van der Waals surface area (Å²) in [5.74, 6) is 0.799. The standard InChI is InChI=1S/C11H16N2/c12-13-11-7-3-6-9-4-1-2-5-10(9)8-11/h5,9H,1-4,6-8H2. The third-order valence-electron chi connectivity index (χ3n) is 3.26. The summed E-state index contributed by atoms with van der Waals surface area (Å²) in [6, 6.07) is 0. The summed E-state index contributed by atoms with van der Waals surface area (Å²) in [7, 11) is 0. The second kappa shape index (κ2) is 3.89. The molecule has 0 aliphatic heterocycles. The van der Waals surface area contributed by atoms with Crippen molar-refractivity contribution in [2.45, 2.75) is 44.9 Å². The average molecular weight is 176 g/mol. The molecular formula is C11H16N2. The van der Waals surface area contributed by atoms with Gasteiger partial charge in [-0.3, -0.25) is 0 Å². The predicted molar refractivity (Wildman–Crippen MR) is 52.5 cm³/mol. The fraction of sp³-hybridized carbons (Fsp3) is 0.727. The van der Waals surface area contributed by atoms with Gasteiger partial charge in [0.15, 0.2) is 0 Å². The van der Waals surface area contributed by atoms with E-state index in [9.17, 15) is 0 Å². The van der Waals surface area contributed by atoms with Crippen LogP contribution in [0.3, 0.4) is 0 Å². The van der Waals surface area contributed by atoms with Gasteiger partial charge in [0, 0.05) is 6.42 Å². The van der Waals surface area contributed by atoms with Crippen LogP contribution in [0.5, 0.6) is 0 Å². The Morgan fingerprint density at radius 2 is 2.15 bits per heavy atom. The summed E-state index contributed by atoms with van der Waals surface area (Å²) in [6.07, 6.45) is 10.7. The second-order valence-corrected chi connectivity index (χ2v) is 4.14. The van der Waals surface area contributed by atoms with Crippen molar-refractivity contribution in [1.82, 2.24) is 0 Å². The van der Waals surface area contributed by atoms with Gasteiger partial charge in [-0.05, 0) is 38.0 Å². The maximum absolute atomic E-state index is 8.77. The molecule has 1 atom stereocenters. The summed E-state index contributed by atoms with van der Waals surface area (Å²) in [5.41, 5.74) is 11.3. The van der Waals surface area contributed by atoms with Crippen molar-refractivity contribution in [1.29, 1.82) is 0 Å².